The van der Waals surface area contributed by atoms with E-state index in [4.69, 9.17) is 9.84 Å². The smallest absolute Gasteiger partial charge is 0.138 e. The third-order valence-electron chi connectivity index (χ3n) is 5.19. The van der Waals surface area contributed by atoms with E-state index in [0.717, 1.165) is 48.0 Å². The van der Waals surface area contributed by atoms with E-state index in [1.807, 2.05) is 18.2 Å². The number of ether oxygens (including phenoxy) is 1. The highest BCUT2D eigenvalue weighted by Crippen LogP contribution is 2.36. The van der Waals surface area contributed by atoms with Crippen LogP contribution in [0.4, 0.5) is 0 Å². The Hall–Kier alpha value is -2.91. The van der Waals surface area contributed by atoms with E-state index in [-0.39, 0.29) is 12.5 Å². The van der Waals surface area contributed by atoms with Crippen molar-refractivity contribution in [3.8, 4) is 22.9 Å². The lowest BCUT2D eigenvalue weighted by Crippen LogP contribution is -2.27. The first kappa shape index (κ1) is 21.8. The number of pyridine rings is 2. The van der Waals surface area contributed by atoms with Crippen molar-refractivity contribution in [2.45, 2.75) is 64.9 Å². The second kappa shape index (κ2) is 9.27. The maximum Gasteiger partial charge on any atom is 0.138 e. The Balaban J connectivity index is 2.20. The molecule has 0 fully saturated rings. The lowest BCUT2D eigenvalue weighted by molar-refractivity contribution is 0.0283. The van der Waals surface area contributed by atoms with E-state index < -0.39 is 5.60 Å². The second-order valence-corrected chi connectivity index (χ2v) is 8.34. The molecule has 0 saturated heterocycles. The molecule has 6 nitrogen and oxygen atoms in total. The van der Waals surface area contributed by atoms with Crippen LogP contribution in [0.25, 0.3) is 16.6 Å². The number of fused-ring (bicyclic) bond motifs is 1. The lowest BCUT2D eigenvalue weighted by Gasteiger charge is -2.18. The van der Waals surface area contributed by atoms with E-state index in [1.54, 1.807) is 37.0 Å². The Bertz CT molecular complexity index is 1030. The first-order valence-corrected chi connectivity index (χ1v) is 10.6. The van der Waals surface area contributed by atoms with Gasteiger partial charge in [-0.1, -0.05) is 32.8 Å². The third kappa shape index (κ3) is 4.80. The molecule has 6 heteroatoms. The van der Waals surface area contributed by atoms with E-state index in [2.05, 4.69) is 24.9 Å². The molecule has 3 rings (SSSR count). The van der Waals surface area contributed by atoms with Gasteiger partial charge >= 0.3 is 0 Å². The van der Waals surface area contributed by atoms with Crippen molar-refractivity contribution in [1.29, 1.82) is 5.26 Å². The third-order valence-corrected chi connectivity index (χ3v) is 5.19. The van der Waals surface area contributed by atoms with Crippen LogP contribution >= 0.6 is 0 Å². The van der Waals surface area contributed by atoms with E-state index in [1.165, 1.54) is 0 Å². The van der Waals surface area contributed by atoms with Gasteiger partial charge in [0.2, 0.25) is 0 Å². The molecule has 158 valence electrons. The summed E-state index contributed by atoms with van der Waals surface area (Å²) in [7, 11) is 0. The second-order valence-electron chi connectivity index (χ2n) is 8.34. The summed E-state index contributed by atoms with van der Waals surface area (Å²) in [6.45, 7) is 7.87. The summed E-state index contributed by atoms with van der Waals surface area (Å²) in [5.74, 6) is 0.825. The summed E-state index contributed by atoms with van der Waals surface area (Å²) in [6.07, 6.45) is 9.45. The number of aromatic nitrogens is 3. The largest absolute Gasteiger partial charge is 0.489 e. The number of unbranched alkanes of at least 4 members (excludes halogenated alkanes) is 1. The van der Waals surface area contributed by atoms with Gasteiger partial charge < -0.3 is 9.84 Å². The molecular weight excluding hydrogens is 376 g/mol. The number of nitriles is 1. The minimum atomic E-state index is -0.954. The molecule has 1 unspecified atom stereocenters. The van der Waals surface area contributed by atoms with Crippen molar-refractivity contribution in [1.82, 2.24) is 14.6 Å². The molecule has 3 heterocycles. The molecule has 0 aliphatic heterocycles. The molecule has 0 spiro atoms. The number of hydrogen-bond donors (Lipinski definition) is 1. The first-order valence-electron chi connectivity index (χ1n) is 10.6. The molecule has 0 aliphatic carbocycles. The van der Waals surface area contributed by atoms with Crippen molar-refractivity contribution in [3.05, 3.63) is 48.0 Å². The highest BCUT2D eigenvalue weighted by molar-refractivity contribution is 5.86. The standard InChI is InChI=1S/C24H30N4O2/c1-5-7-9-17(6-2)22-21(13-25)23-20(18-10-8-11-26-14-18)12-19(15-28(23)27-22)30-16-24(3,4)29/h8,10-12,14-15,17,29H,5-7,9,16H2,1-4H3. The van der Waals surface area contributed by atoms with Crippen LogP contribution in [0.2, 0.25) is 0 Å². The summed E-state index contributed by atoms with van der Waals surface area (Å²) in [5, 5.41) is 24.9. The Morgan fingerprint density at radius 2 is 2.13 bits per heavy atom. The molecular formula is C24H30N4O2. The fourth-order valence-electron chi connectivity index (χ4n) is 3.63. The molecule has 30 heavy (non-hydrogen) atoms. The summed E-state index contributed by atoms with van der Waals surface area (Å²) in [5.41, 5.74) is 3.01. The lowest BCUT2D eigenvalue weighted by atomic mass is 9.92. The zero-order chi connectivity index (χ0) is 21.7. The van der Waals surface area contributed by atoms with Gasteiger partial charge in [0.25, 0.3) is 0 Å². The van der Waals surface area contributed by atoms with Gasteiger partial charge in [-0.25, -0.2) is 4.52 Å². The zero-order valence-electron chi connectivity index (χ0n) is 18.2. The van der Waals surface area contributed by atoms with Gasteiger partial charge in [-0.3, -0.25) is 4.98 Å². The fraction of sp³-hybridized carbons (Fsp3) is 0.458. The van der Waals surface area contributed by atoms with Crippen LogP contribution in [0, 0.1) is 11.3 Å². The van der Waals surface area contributed by atoms with Crippen molar-refractivity contribution in [2.24, 2.45) is 0 Å². The Kier molecular flexibility index (Phi) is 6.73. The van der Waals surface area contributed by atoms with Crippen LogP contribution < -0.4 is 4.74 Å². The molecule has 1 atom stereocenters. The van der Waals surface area contributed by atoms with Crippen molar-refractivity contribution in [2.75, 3.05) is 6.61 Å². The van der Waals surface area contributed by atoms with Crippen LogP contribution in [0.15, 0.2) is 36.8 Å². The molecule has 0 saturated carbocycles. The van der Waals surface area contributed by atoms with Crippen LogP contribution in [0.5, 0.6) is 5.75 Å². The molecule has 0 aromatic carbocycles. The van der Waals surface area contributed by atoms with Gasteiger partial charge in [-0.2, -0.15) is 10.4 Å². The van der Waals surface area contributed by atoms with Crippen LogP contribution in [0.3, 0.4) is 0 Å². The van der Waals surface area contributed by atoms with Crippen LogP contribution in [-0.4, -0.2) is 31.9 Å². The van der Waals surface area contributed by atoms with Gasteiger partial charge in [-0.05, 0) is 38.8 Å². The van der Waals surface area contributed by atoms with Gasteiger partial charge in [0, 0.05) is 29.4 Å². The minimum absolute atomic E-state index is 0.151. The van der Waals surface area contributed by atoms with Gasteiger partial charge in [0.05, 0.1) is 23.0 Å². The monoisotopic (exact) mass is 406 g/mol. The van der Waals surface area contributed by atoms with E-state index in [9.17, 15) is 10.4 Å². The zero-order valence-corrected chi connectivity index (χ0v) is 18.2. The van der Waals surface area contributed by atoms with Crippen molar-refractivity contribution < 1.29 is 9.84 Å². The van der Waals surface area contributed by atoms with E-state index >= 15 is 0 Å². The normalized spacial score (nSPS) is 12.7. The average Bonchev–Trinajstić information content (AvgIpc) is 3.10. The topological polar surface area (TPSA) is 83.4 Å². The summed E-state index contributed by atoms with van der Waals surface area (Å²) >= 11 is 0. The van der Waals surface area contributed by atoms with E-state index in [0.29, 0.717) is 11.3 Å². The molecule has 0 aliphatic rings. The molecule has 0 amide bonds. The number of hydrogen-bond acceptors (Lipinski definition) is 5. The van der Waals surface area contributed by atoms with Gasteiger partial charge in [0.15, 0.2) is 0 Å². The maximum atomic E-state index is 10.1. The Morgan fingerprint density at radius 3 is 2.73 bits per heavy atom. The predicted molar refractivity (Wildman–Crippen MR) is 117 cm³/mol. The minimum Gasteiger partial charge on any atom is -0.489 e. The van der Waals surface area contributed by atoms with Crippen molar-refractivity contribution in [3.63, 3.8) is 0 Å². The highest BCUT2D eigenvalue weighted by Gasteiger charge is 2.24. The average molecular weight is 407 g/mol. The van der Waals surface area contributed by atoms with Crippen molar-refractivity contribution >= 4 is 5.52 Å². The molecule has 3 aromatic rings. The summed E-state index contributed by atoms with van der Waals surface area (Å²) in [4.78, 5) is 4.24. The molecule has 0 bridgehead atoms. The molecule has 1 N–H and O–H groups in total. The Morgan fingerprint density at radius 1 is 1.33 bits per heavy atom. The number of rotatable bonds is 9. The van der Waals surface area contributed by atoms with Gasteiger partial charge in [0.1, 0.15) is 24.0 Å². The highest BCUT2D eigenvalue weighted by atomic mass is 16.5. The van der Waals surface area contributed by atoms with Crippen LogP contribution in [0.1, 0.15) is 70.6 Å². The Labute approximate surface area is 178 Å². The number of nitrogens with zero attached hydrogens (tertiary/aromatic N) is 4. The predicted octanol–water partition coefficient (Wildman–Crippen LogP) is 5.10. The first-order chi connectivity index (χ1) is 14.4. The fourth-order valence-corrected chi connectivity index (χ4v) is 3.63. The molecule has 3 aromatic heterocycles. The van der Waals surface area contributed by atoms with Gasteiger partial charge in [-0.15, -0.1) is 0 Å². The maximum absolute atomic E-state index is 10.1. The number of aliphatic hydroxyl groups is 1. The summed E-state index contributed by atoms with van der Waals surface area (Å²) < 4.78 is 7.62. The molecule has 0 radical (unpaired) electrons. The summed E-state index contributed by atoms with van der Waals surface area (Å²) in [6, 6.07) is 8.14. The van der Waals surface area contributed by atoms with Crippen LogP contribution in [-0.2, 0) is 0 Å². The SMILES string of the molecule is CCCCC(CC)c1nn2cc(OCC(C)(C)O)cc(-c3cccnc3)c2c1C#N. The quantitative estimate of drug-likeness (QED) is 0.534.